The Morgan fingerprint density at radius 1 is 1.35 bits per heavy atom. The van der Waals surface area contributed by atoms with Gasteiger partial charge in [0.1, 0.15) is 0 Å². The SMILES string of the molecule is O=S(=O)(CC1CCCO1)N1CCOCC1CO. The highest BCUT2D eigenvalue weighted by molar-refractivity contribution is 7.89. The van der Waals surface area contributed by atoms with Gasteiger partial charge in [-0.2, -0.15) is 4.31 Å². The number of morpholine rings is 1. The second kappa shape index (κ2) is 5.62. The summed E-state index contributed by atoms with van der Waals surface area (Å²) < 4.78 is 36.3. The molecule has 1 N–H and O–H groups in total. The van der Waals surface area contributed by atoms with Crippen molar-refractivity contribution in [3.05, 3.63) is 0 Å². The number of rotatable bonds is 4. The van der Waals surface area contributed by atoms with Crippen LogP contribution in [0.3, 0.4) is 0 Å². The van der Waals surface area contributed by atoms with Crippen LogP contribution in [0.1, 0.15) is 12.8 Å². The number of aliphatic hydroxyl groups is 1. The molecule has 2 unspecified atom stereocenters. The van der Waals surface area contributed by atoms with Crippen LogP contribution >= 0.6 is 0 Å². The molecule has 2 heterocycles. The van der Waals surface area contributed by atoms with Crippen LogP contribution in [0.25, 0.3) is 0 Å². The maximum absolute atomic E-state index is 12.2. The van der Waals surface area contributed by atoms with Crippen molar-refractivity contribution in [2.45, 2.75) is 25.0 Å². The zero-order chi connectivity index (χ0) is 12.3. The van der Waals surface area contributed by atoms with Crippen LogP contribution in [0, 0.1) is 0 Å². The molecule has 7 heteroatoms. The summed E-state index contributed by atoms with van der Waals surface area (Å²) >= 11 is 0. The molecule has 17 heavy (non-hydrogen) atoms. The van der Waals surface area contributed by atoms with Crippen LogP contribution in [0.5, 0.6) is 0 Å². The molecule has 0 aromatic rings. The fourth-order valence-corrected chi connectivity index (χ4v) is 4.11. The van der Waals surface area contributed by atoms with E-state index in [2.05, 4.69) is 0 Å². The Morgan fingerprint density at radius 2 is 2.18 bits per heavy atom. The van der Waals surface area contributed by atoms with E-state index in [9.17, 15) is 8.42 Å². The van der Waals surface area contributed by atoms with E-state index in [-0.39, 0.29) is 25.1 Å². The summed E-state index contributed by atoms with van der Waals surface area (Å²) in [5, 5.41) is 9.17. The molecule has 0 aromatic heterocycles. The molecular weight excluding hydrogens is 246 g/mol. The van der Waals surface area contributed by atoms with Crippen molar-refractivity contribution in [1.82, 2.24) is 4.31 Å². The molecule has 0 spiro atoms. The molecule has 2 aliphatic rings. The minimum atomic E-state index is -3.36. The van der Waals surface area contributed by atoms with Crippen LogP contribution in [0.15, 0.2) is 0 Å². The van der Waals surface area contributed by atoms with Crippen molar-refractivity contribution < 1.29 is 23.0 Å². The molecule has 2 fully saturated rings. The van der Waals surface area contributed by atoms with Gasteiger partial charge in [0.25, 0.3) is 0 Å². The van der Waals surface area contributed by atoms with Crippen LogP contribution < -0.4 is 0 Å². The molecule has 2 saturated heterocycles. The average Bonchev–Trinajstić information content (AvgIpc) is 2.81. The lowest BCUT2D eigenvalue weighted by Gasteiger charge is -2.33. The number of hydrogen-bond donors (Lipinski definition) is 1. The molecule has 6 nitrogen and oxygen atoms in total. The monoisotopic (exact) mass is 265 g/mol. The van der Waals surface area contributed by atoms with Crippen molar-refractivity contribution in [2.75, 3.05) is 38.7 Å². The number of sulfonamides is 1. The van der Waals surface area contributed by atoms with E-state index in [0.29, 0.717) is 19.8 Å². The van der Waals surface area contributed by atoms with Gasteiger partial charge in [0, 0.05) is 13.2 Å². The highest BCUT2D eigenvalue weighted by atomic mass is 32.2. The number of ether oxygens (including phenoxy) is 2. The second-order valence-electron chi connectivity index (χ2n) is 4.44. The van der Waals surface area contributed by atoms with E-state index in [4.69, 9.17) is 14.6 Å². The Labute approximate surface area is 102 Å². The van der Waals surface area contributed by atoms with Crippen molar-refractivity contribution >= 4 is 10.0 Å². The van der Waals surface area contributed by atoms with Crippen molar-refractivity contribution in [3.63, 3.8) is 0 Å². The maximum atomic E-state index is 12.2. The van der Waals surface area contributed by atoms with Crippen LogP contribution in [0.2, 0.25) is 0 Å². The zero-order valence-corrected chi connectivity index (χ0v) is 10.6. The first-order chi connectivity index (χ1) is 8.13. The fraction of sp³-hybridized carbons (Fsp3) is 1.00. The van der Waals surface area contributed by atoms with Gasteiger partial charge in [0.15, 0.2) is 0 Å². The molecule has 2 atom stereocenters. The van der Waals surface area contributed by atoms with Crippen LogP contribution in [0.4, 0.5) is 0 Å². The lowest BCUT2D eigenvalue weighted by atomic mass is 10.3. The molecule has 2 rings (SSSR count). The smallest absolute Gasteiger partial charge is 0.217 e. The first kappa shape index (κ1) is 13.2. The predicted molar refractivity (Wildman–Crippen MR) is 61.2 cm³/mol. The number of aliphatic hydroxyl groups excluding tert-OH is 1. The van der Waals surface area contributed by atoms with E-state index in [0.717, 1.165) is 12.8 Å². The Bertz CT molecular complexity index is 339. The molecule has 0 aromatic carbocycles. The molecule has 0 saturated carbocycles. The Morgan fingerprint density at radius 3 is 2.82 bits per heavy atom. The first-order valence-corrected chi connectivity index (χ1v) is 7.54. The lowest BCUT2D eigenvalue weighted by Crippen LogP contribution is -2.52. The molecule has 0 amide bonds. The van der Waals surface area contributed by atoms with Gasteiger partial charge in [-0.3, -0.25) is 0 Å². The highest BCUT2D eigenvalue weighted by Gasteiger charge is 2.35. The molecule has 0 aliphatic carbocycles. The summed E-state index contributed by atoms with van der Waals surface area (Å²) in [5.74, 6) is 0.0174. The zero-order valence-electron chi connectivity index (χ0n) is 9.75. The summed E-state index contributed by atoms with van der Waals surface area (Å²) in [5.41, 5.74) is 0. The van der Waals surface area contributed by atoms with Gasteiger partial charge in [-0.15, -0.1) is 0 Å². The molecular formula is C10H19NO5S. The summed E-state index contributed by atoms with van der Waals surface area (Å²) in [4.78, 5) is 0. The summed E-state index contributed by atoms with van der Waals surface area (Å²) in [6.07, 6.45) is 1.53. The van der Waals surface area contributed by atoms with Gasteiger partial charge in [-0.1, -0.05) is 0 Å². The molecule has 0 radical (unpaired) electrons. The lowest BCUT2D eigenvalue weighted by molar-refractivity contribution is 0.0102. The standard InChI is InChI=1S/C10H19NO5S/c12-6-9-7-15-5-3-11(9)17(13,14)8-10-2-1-4-16-10/h9-10,12H,1-8H2. The second-order valence-corrected chi connectivity index (χ2v) is 6.40. The summed E-state index contributed by atoms with van der Waals surface area (Å²) in [6, 6.07) is -0.449. The molecule has 0 bridgehead atoms. The van der Waals surface area contributed by atoms with E-state index in [1.165, 1.54) is 4.31 Å². The quantitative estimate of drug-likeness (QED) is 0.719. The first-order valence-electron chi connectivity index (χ1n) is 5.93. The van der Waals surface area contributed by atoms with E-state index in [1.54, 1.807) is 0 Å². The Balaban J connectivity index is 2.01. The Hall–Kier alpha value is -0.210. The van der Waals surface area contributed by atoms with Gasteiger partial charge in [0.2, 0.25) is 10.0 Å². The summed E-state index contributed by atoms with van der Waals surface area (Å²) in [7, 11) is -3.36. The average molecular weight is 265 g/mol. The van der Waals surface area contributed by atoms with Crippen molar-refractivity contribution in [2.24, 2.45) is 0 Å². The minimum absolute atomic E-state index is 0.0174. The van der Waals surface area contributed by atoms with E-state index < -0.39 is 16.1 Å². The van der Waals surface area contributed by atoms with E-state index in [1.807, 2.05) is 0 Å². The van der Waals surface area contributed by atoms with Gasteiger partial charge < -0.3 is 14.6 Å². The van der Waals surface area contributed by atoms with Crippen molar-refractivity contribution in [3.8, 4) is 0 Å². The van der Waals surface area contributed by atoms with Gasteiger partial charge in [-0.25, -0.2) is 8.42 Å². The topological polar surface area (TPSA) is 76.1 Å². The normalized spacial score (nSPS) is 31.8. The largest absolute Gasteiger partial charge is 0.395 e. The van der Waals surface area contributed by atoms with Crippen molar-refractivity contribution in [1.29, 1.82) is 0 Å². The highest BCUT2D eigenvalue weighted by Crippen LogP contribution is 2.19. The minimum Gasteiger partial charge on any atom is -0.395 e. The third-order valence-corrected chi connectivity index (χ3v) is 5.15. The fourth-order valence-electron chi connectivity index (χ4n) is 2.26. The third kappa shape index (κ3) is 3.17. The maximum Gasteiger partial charge on any atom is 0.217 e. The molecule has 100 valence electrons. The van der Waals surface area contributed by atoms with Gasteiger partial charge in [-0.05, 0) is 12.8 Å². The van der Waals surface area contributed by atoms with Crippen LogP contribution in [-0.4, -0.2) is 68.7 Å². The van der Waals surface area contributed by atoms with Crippen LogP contribution in [-0.2, 0) is 19.5 Å². The Kier molecular flexibility index (Phi) is 4.37. The predicted octanol–water partition coefficient (Wildman–Crippen LogP) is -0.812. The molecule has 2 aliphatic heterocycles. The van der Waals surface area contributed by atoms with E-state index >= 15 is 0 Å². The number of nitrogens with zero attached hydrogens (tertiary/aromatic N) is 1. The number of hydrogen-bond acceptors (Lipinski definition) is 5. The van der Waals surface area contributed by atoms with Gasteiger partial charge >= 0.3 is 0 Å². The van der Waals surface area contributed by atoms with Gasteiger partial charge in [0.05, 0.1) is 37.7 Å². The third-order valence-electron chi connectivity index (χ3n) is 3.16. The summed E-state index contributed by atoms with van der Waals surface area (Å²) in [6.45, 7) is 1.42.